The third kappa shape index (κ3) is 4.13. The Balaban J connectivity index is 1.70. The molecule has 1 aromatic rings. The number of hydrogen-bond donors (Lipinski definition) is 1. The topological polar surface area (TPSA) is 30.5 Å². The monoisotopic (exact) mass is 353 g/mol. The number of ether oxygens (including phenoxy) is 2. The Morgan fingerprint density at radius 3 is 2.76 bits per heavy atom. The minimum Gasteiger partial charge on any atom is -0.493 e. The average molecular weight is 354 g/mol. The second-order valence-electron chi connectivity index (χ2n) is 6.28. The summed E-state index contributed by atoms with van der Waals surface area (Å²) >= 11 is 3.65. The lowest BCUT2D eigenvalue weighted by molar-refractivity contribution is 0.278. The fourth-order valence-corrected chi connectivity index (χ4v) is 3.55. The van der Waals surface area contributed by atoms with E-state index >= 15 is 0 Å². The highest BCUT2D eigenvalue weighted by molar-refractivity contribution is 9.10. The molecule has 3 nitrogen and oxygen atoms in total. The van der Waals surface area contributed by atoms with E-state index in [1.165, 1.54) is 31.2 Å². The predicted molar refractivity (Wildman–Crippen MR) is 88.2 cm³/mol. The molecule has 1 saturated heterocycles. The maximum atomic E-state index is 5.94. The molecule has 0 radical (unpaired) electrons. The summed E-state index contributed by atoms with van der Waals surface area (Å²) in [6.07, 6.45) is 6.29. The molecule has 1 aliphatic carbocycles. The minimum absolute atomic E-state index is 0.730. The summed E-state index contributed by atoms with van der Waals surface area (Å²) < 4.78 is 12.5. The van der Waals surface area contributed by atoms with Gasteiger partial charge in [0.1, 0.15) is 0 Å². The standard InChI is InChI=1S/C17H24BrNO2/c1-20-16-9-14(7-13-3-2-6-19-10-13)8-15(18)17(16)21-11-12-4-5-12/h8-9,12-13,19H,2-7,10-11H2,1H3. The van der Waals surface area contributed by atoms with Crippen molar-refractivity contribution < 1.29 is 9.47 Å². The summed E-state index contributed by atoms with van der Waals surface area (Å²) in [4.78, 5) is 0. The number of rotatable bonds is 6. The van der Waals surface area contributed by atoms with E-state index in [9.17, 15) is 0 Å². The van der Waals surface area contributed by atoms with E-state index in [-0.39, 0.29) is 0 Å². The Labute approximate surface area is 135 Å². The van der Waals surface area contributed by atoms with Crippen molar-refractivity contribution >= 4 is 15.9 Å². The van der Waals surface area contributed by atoms with Gasteiger partial charge in [-0.2, -0.15) is 0 Å². The van der Waals surface area contributed by atoms with Gasteiger partial charge in [-0.25, -0.2) is 0 Å². The van der Waals surface area contributed by atoms with Crippen LogP contribution in [-0.4, -0.2) is 26.8 Å². The van der Waals surface area contributed by atoms with Crippen molar-refractivity contribution in [3.8, 4) is 11.5 Å². The van der Waals surface area contributed by atoms with Gasteiger partial charge in [-0.05, 0) is 90.7 Å². The van der Waals surface area contributed by atoms with Crippen LogP contribution in [0.3, 0.4) is 0 Å². The molecule has 0 bridgehead atoms. The molecule has 4 heteroatoms. The summed E-state index contributed by atoms with van der Waals surface area (Å²) in [6, 6.07) is 4.33. The Bertz CT molecular complexity index is 482. The zero-order valence-electron chi connectivity index (χ0n) is 12.7. The molecule has 21 heavy (non-hydrogen) atoms. The van der Waals surface area contributed by atoms with Crippen molar-refractivity contribution in [2.24, 2.45) is 11.8 Å². The molecule has 1 unspecified atom stereocenters. The first-order valence-electron chi connectivity index (χ1n) is 7.96. The minimum atomic E-state index is 0.730. The van der Waals surface area contributed by atoms with E-state index in [4.69, 9.17) is 9.47 Å². The molecule has 2 fully saturated rings. The van der Waals surface area contributed by atoms with Crippen molar-refractivity contribution in [3.63, 3.8) is 0 Å². The summed E-state index contributed by atoms with van der Waals surface area (Å²) in [5.41, 5.74) is 1.33. The lowest BCUT2D eigenvalue weighted by Gasteiger charge is -2.23. The zero-order chi connectivity index (χ0) is 14.7. The molecule has 0 spiro atoms. The number of piperidine rings is 1. The van der Waals surface area contributed by atoms with Gasteiger partial charge in [-0.1, -0.05) is 0 Å². The normalized spacial score (nSPS) is 22.1. The van der Waals surface area contributed by atoms with Gasteiger partial charge in [0.2, 0.25) is 0 Å². The molecule has 1 heterocycles. The van der Waals surface area contributed by atoms with Crippen LogP contribution in [0.1, 0.15) is 31.2 Å². The third-order valence-corrected chi connectivity index (χ3v) is 4.96. The molecule has 1 N–H and O–H groups in total. The Hall–Kier alpha value is -0.740. The largest absolute Gasteiger partial charge is 0.493 e. The van der Waals surface area contributed by atoms with Crippen molar-refractivity contribution in [2.75, 3.05) is 26.8 Å². The van der Waals surface area contributed by atoms with Crippen molar-refractivity contribution in [1.29, 1.82) is 0 Å². The van der Waals surface area contributed by atoms with Crippen LogP contribution in [0, 0.1) is 11.8 Å². The highest BCUT2D eigenvalue weighted by atomic mass is 79.9. The third-order valence-electron chi connectivity index (χ3n) is 4.37. The maximum Gasteiger partial charge on any atom is 0.175 e. The van der Waals surface area contributed by atoms with Crippen LogP contribution in [0.4, 0.5) is 0 Å². The van der Waals surface area contributed by atoms with Crippen molar-refractivity contribution in [2.45, 2.75) is 32.1 Å². The van der Waals surface area contributed by atoms with Crippen molar-refractivity contribution in [1.82, 2.24) is 5.32 Å². The summed E-state index contributed by atoms with van der Waals surface area (Å²) in [5, 5.41) is 3.48. The van der Waals surface area contributed by atoms with Crippen LogP contribution in [-0.2, 0) is 6.42 Å². The first kappa shape index (κ1) is 15.2. The van der Waals surface area contributed by atoms with E-state index in [1.807, 2.05) is 0 Å². The quantitative estimate of drug-likeness (QED) is 0.843. The molecule has 0 aromatic heterocycles. The number of methoxy groups -OCH3 is 1. The van der Waals surface area contributed by atoms with E-state index in [0.29, 0.717) is 0 Å². The molecule has 1 saturated carbocycles. The van der Waals surface area contributed by atoms with Gasteiger partial charge in [0.05, 0.1) is 18.2 Å². The van der Waals surface area contributed by atoms with E-state index in [1.54, 1.807) is 7.11 Å². The van der Waals surface area contributed by atoms with Crippen LogP contribution in [0.2, 0.25) is 0 Å². The molecule has 116 valence electrons. The first-order valence-corrected chi connectivity index (χ1v) is 8.75. The van der Waals surface area contributed by atoms with Crippen LogP contribution in [0.5, 0.6) is 11.5 Å². The van der Waals surface area contributed by atoms with Crippen molar-refractivity contribution in [3.05, 3.63) is 22.2 Å². The van der Waals surface area contributed by atoms with E-state index in [2.05, 4.69) is 33.4 Å². The molecule has 1 aliphatic heterocycles. The highest BCUT2D eigenvalue weighted by Crippen LogP contribution is 2.39. The molecule has 1 atom stereocenters. The van der Waals surface area contributed by atoms with Gasteiger partial charge >= 0.3 is 0 Å². The molecule has 2 aliphatic rings. The van der Waals surface area contributed by atoms with Gasteiger partial charge < -0.3 is 14.8 Å². The van der Waals surface area contributed by atoms with Gasteiger partial charge in [0.25, 0.3) is 0 Å². The van der Waals surface area contributed by atoms with Gasteiger partial charge in [-0.15, -0.1) is 0 Å². The highest BCUT2D eigenvalue weighted by Gasteiger charge is 2.23. The average Bonchev–Trinajstić information content (AvgIpc) is 3.31. The van der Waals surface area contributed by atoms with Gasteiger partial charge in [0.15, 0.2) is 11.5 Å². The number of hydrogen-bond acceptors (Lipinski definition) is 3. The van der Waals surface area contributed by atoms with Crippen LogP contribution >= 0.6 is 15.9 Å². The molecule has 3 rings (SSSR count). The second-order valence-corrected chi connectivity index (χ2v) is 7.13. The Morgan fingerprint density at radius 2 is 2.10 bits per heavy atom. The summed E-state index contributed by atoms with van der Waals surface area (Å²) in [7, 11) is 1.72. The maximum absolute atomic E-state index is 5.94. The first-order chi connectivity index (χ1) is 10.3. The van der Waals surface area contributed by atoms with Crippen LogP contribution in [0.15, 0.2) is 16.6 Å². The summed E-state index contributed by atoms with van der Waals surface area (Å²) in [6.45, 7) is 3.10. The molecule has 1 aromatic carbocycles. The lowest BCUT2D eigenvalue weighted by atomic mass is 9.92. The summed E-state index contributed by atoms with van der Waals surface area (Å²) in [5.74, 6) is 3.18. The zero-order valence-corrected chi connectivity index (χ0v) is 14.2. The Morgan fingerprint density at radius 1 is 1.24 bits per heavy atom. The molecular weight excluding hydrogens is 330 g/mol. The van der Waals surface area contributed by atoms with E-state index in [0.717, 1.165) is 53.9 Å². The second kappa shape index (κ2) is 7.01. The smallest absolute Gasteiger partial charge is 0.175 e. The fourth-order valence-electron chi connectivity index (χ4n) is 2.95. The van der Waals surface area contributed by atoms with Crippen LogP contribution < -0.4 is 14.8 Å². The fraction of sp³-hybridized carbons (Fsp3) is 0.647. The molecule has 0 amide bonds. The lowest BCUT2D eigenvalue weighted by Crippen LogP contribution is -2.30. The number of benzene rings is 1. The SMILES string of the molecule is COc1cc(CC2CCCNC2)cc(Br)c1OCC1CC1. The van der Waals surface area contributed by atoms with E-state index < -0.39 is 0 Å². The predicted octanol–water partition coefficient (Wildman–Crippen LogP) is 3.79. The van der Waals surface area contributed by atoms with Gasteiger partial charge in [0, 0.05) is 0 Å². The van der Waals surface area contributed by atoms with Gasteiger partial charge in [-0.3, -0.25) is 0 Å². The number of halogens is 1. The molecular formula is C17H24BrNO2. The Kier molecular flexibility index (Phi) is 5.07. The number of nitrogens with one attached hydrogen (secondary N) is 1. The van der Waals surface area contributed by atoms with Crippen LogP contribution in [0.25, 0.3) is 0 Å².